The van der Waals surface area contributed by atoms with Crippen LogP contribution in [0.4, 0.5) is 4.79 Å². The third-order valence-corrected chi connectivity index (χ3v) is 7.24. The summed E-state index contributed by atoms with van der Waals surface area (Å²) in [6, 6.07) is 0.433. The smallest absolute Gasteiger partial charge is 0.315 e. The molecule has 0 aromatic carbocycles. The number of hydrogen-bond donors (Lipinski definition) is 4. The second kappa shape index (κ2) is 15.6. The molecule has 0 spiro atoms. The molecule has 2 heterocycles. The van der Waals surface area contributed by atoms with Crippen molar-refractivity contribution in [2.24, 2.45) is 0 Å². The minimum absolute atomic E-state index is 0.0462. The lowest BCUT2D eigenvalue weighted by Gasteiger charge is -2.16. The number of rotatable bonds is 17. The average molecular weight is 477 g/mol. The van der Waals surface area contributed by atoms with Gasteiger partial charge in [0.25, 0.3) is 0 Å². The van der Waals surface area contributed by atoms with Crippen LogP contribution < -0.4 is 21.3 Å². The first-order valence-corrected chi connectivity index (χ1v) is 13.4. The molecule has 2 aliphatic rings. The minimum atomic E-state index is -0.0564. The number of fused-ring (bicyclic) bond motifs is 1. The molecule has 2 aliphatic heterocycles. The Morgan fingerprint density at radius 3 is 2.39 bits per heavy atom. The third-order valence-electron chi connectivity index (χ3n) is 5.12. The van der Waals surface area contributed by atoms with E-state index >= 15 is 0 Å². The third kappa shape index (κ3) is 10.8. The van der Waals surface area contributed by atoms with Crippen LogP contribution >= 0.6 is 23.5 Å². The lowest BCUT2D eigenvalue weighted by Crippen LogP contribution is -2.36. The fourth-order valence-electron chi connectivity index (χ4n) is 3.49. The van der Waals surface area contributed by atoms with Gasteiger partial charge in [0.05, 0.1) is 38.5 Å². The van der Waals surface area contributed by atoms with Gasteiger partial charge in [-0.2, -0.15) is 23.5 Å². The Kier molecular flexibility index (Phi) is 13.1. The predicted molar refractivity (Wildman–Crippen MR) is 125 cm³/mol. The molecule has 0 aromatic heterocycles. The zero-order valence-electron chi connectivity index (χ0n) is 18.3. The summed E-state index contributed by atoms with van der Waals surface area (Å²) in [5.41, 5.74) is 0. The maximum Gasteiger partial charge on any atom is 0.315 e. The molecule has 2 saturated heterocycles. The molecule has 0 saturated carbocycles. The minimum Gasteiger partial charge on any atom is -0.377 e. The standard InChI is InChI=1S/C20H36N4O5S2/c1-30-13-6-18(26)22-8-10-29-12-11-28-9-7-21-17(25)5-3-2-4-16-19-15(14-31-16)23-20(27)24-19/h15-16,19H,2-14H2,1H3,(H,21,25)(H,22,26)(H2,23,24,27). The monoisotopic (exact) mass is 476 g/mol. The number of carbonyl (C=O) groups is 3. The van der Waals surface area contributed by atoms with Gasteiger partial charge in [0.1, 0.15) is 0 Å². The quantitative estimate of drug-likeness (QED) is 0.181. The van der Waals surface area contributed by atoms with E-state index in [2.05, 4.69) is 21.3 Å². The number of unbranched alkanes of at least 4 members (excludes halogenated alkanes) is 1. The summed E-state index contributed by atoms with van der Waals surface area (Å²) in [7, 11) is 0. The number of hydrogen-bond acceptors (Lipinski definition) is 7. The molecule has 0 aliphatic carbocycles. The van der Waals surface area contributed by atoms with E-state index in [1.54, 1.807) is 11.8 Å². The molecule has 0 bridgehead atoms. The van der Waals surface area contributed by atoms with Gasteiger partial charge in [-0.05, 0) is 19.1 Å². The van der Waals surface area contributed by atoms with Crippen LogP contribution in [-0.2, 0) is 19.1 Å². The average Bonchev–Trinajstić information content (AvgIpc) is 3.30. The molecule has 2 rings (SSSR count). The van der Waals surface area contributed by atoms with Gasteiger partial charge >= 0.3 is 6.03 Å². The summed E-state index contributed by atoms with van der Waals surface area (Å²) in [5.74, 6) is 1.89. The maximum absolute atomic E-state index is 11.9. The molecule has 9 nitrogen and oxygen atoms in total. The molecule has 0 aromatic rings. The molecule has 11 heteroatoms. The first-order chi connectivity index (χ1) is 15.1. The van der Waals surface area contributed by atoms with Gasteiger partial charge in [-0.1, -0.05) is 6.42 Å². The molecular formula is C20H36N4O5S2. The van der Waals surface area contributed by atoms with Crippen molar-refractivity contribution < 1.29 is 23.9 Å². The van der Waals surface area contributed by atoms with E-state index < -0.39 is 0 Å². The first-order valence-electron chi connectivity index (χ1n) is 11.0. The van der Waals surface area contributed by atoms with Crippen LogP contribution in [0.25, 0.3) is 0 Å². The van der Waals surface area contributed by atoms with E-state index in [0.717, 1.165) is 30.8 Å². The van der Waals surface area contributed by atoms with Crippen LogP contribution in [0, 0.1) is 0 Å². The van der Waals surface area contributed by atoms with Gasteiger partial charge in [0.2, 0.25) is 11.8 Å². The number of carbonyl (C=O) groups excluding carboxylic acids is 3. The number of thioether (sulfide) groups is 2. The zero-order valence-corrected chi connectivity index (χ0v) is 19.9. The summed E-state index contributed by atoms with van der Waals surface area (Å²) in [6.07, 6.45) is 5.88. The molecular weight excluding hydrogens is 440 g/mol. The van der Waals surface area contributed by atoms with Gasteiger partial charge < -0.3 is 30.7 Å². The Bertz CT molecular complexity index is 570. The summed E-state index contributed by atoms with van der Waals surface area (Å²) < 4.78 is 10.8. The normalized spacial score (nSPS) is 22.0. The van der Waals surface area contributed by atoms with Gasteiger partial charge in [-0.15, -0.1) is 0 Å². The van der Waals surface area contributed by atoms with Gasteiger partial charge in [0.15, 0.2) is 0 Å². The summed E-state index contributed by atoms with van der Waals surface area (Å²) in [5, 5.41) is 12.1. The van der Waals surface area contributed by atoms with E-state index in [-0.39, 0.29) is 29.9 Å². The van der Waals surface area contributed by atoms with Crippen LogP contribution in [-0.4, -0.2) is 92.5 Å². The fourth-order valence-corrected chi connectivity index (χ4v) is 5.43. The Morgan fingerprint density at radius 2 is 1.71 bits per heavy atom. The second-order valence-corrected chi connectivity index (χ2v) is 9.79. The number of ether oxygens (including phenoxy) is 2. The molecule has 0 radical (unpaired) electrons. The molecule has 31 heavy (non-hydrogen) atoms. The summed E-state index contributed by atoms with van der Waals surface area (Å²) in [6.45, 7) is 2.85. The highest BCUT2D eigenvalue weighted by atomic mass is 32.2. The van der Waals surface area contributed by atoms with E-state index in [4.69, 9.17) is 9.47 Å². The van der Waals surface area contributed by atoms with Crippen molar-refractivity contribution in [2.75, 3.05) is 57.3 Å². The molecule has 4 amide bonds. The van der Waals surface area contributed by atoms with E-state index in [1.807, 2.05) is 18.0 Å². The largest absolute Gasteiger partial charge is 0.377 e. The molecule has 4 N–H and O–H groups in total. The topological polar surface area (TPSA) is 118 Å². The zero-order chi connectivity index (χ0) is 22.3. The van der Waals surface area contributed by atoms with Crippen molar-refractivity contribution in [2.45, 2.75) is 49.4 Å². The molecule has 178 valence electrons. The summed E-state index contributed by atoms with van der Waals surface area (Å²) in [4.78, 5) is 34.7. The highest BCUT2D eigenvalue weighted by molar-refractivity contribution is 8.00. The van der Waals surface area contributed by atoms with Crippen molar-refractivity contribution in [3.8, 4) is 0 Å². The number of urea groups is 1. The van der Waals surface area contributed by atoms with Gasteiger partial charge in [0, 0.05) is 42.7 Å². The molecule has 3 unspecified atom stereocenters. The van der Waals surface area contributed by atoms with Gasteiger partial charge in [-0.3, -0.25) is 9.59 Å². The Hall–Kier alpha value is -1.17. The number of amides is 4. The van der Waals surface area contributed by atoms with Crippen LogP contribution in [0.2, 0.25) is 0 Å². The second-order valence-electron chi connectivity index (χ2n) is 7.54. The lowest BCUT2D eigenvalue weighted by atomic mass is 10.0. The Labute approximate surface area is 193 Å². The van der Waals surface area contributed by atoms with Crippen molar-refractivity contribution >= 4 is 41.4 Å². The lowest BCUT2D eigenvalue weighted by molar-refractivity contribution is -0.122. The Morgan fingerprint density at radius 1 is 1.03 bits per heavy atom. The number of nitrogens with one attached hydrogen (secondary N) is 4. The van der Waals surface area contributed by atoms with E-state index in [0.29, 0.717) is 57.6 Å². The maximum atomic E-state index is 11.9. The van der Waals surface area contributed by atoms with Crippen molar-refractivity contribution in [1.29, 1.82) is 0 Å². The molecule has 3 atom stereocenters. The Balaban J connectivity index is 1.33. The van der Waals surface area contributed by atoms with E-state index in [1.165, 1.54) is 0 Å². The van der Waals surface area contributed by atoms with Crippen LogP contribution in [0.5, 0.6) is 0 Å². The highest BCUT2D eigenvalue weighted by Gasteiger charge is 2.42. The van der Waals surface area contributed by atoms with Crippen LogP contribution in [0.3, 0.4) is 0 Å². The van der Waals surface area contributed by atoms with E-state index in [9.17, 15) is 14.4 Å². The van der Waals surface area contributed by atoms with Crippen molar-refractivity contribution in [3.63, 3.8) is 0 Å². The van der Waals surface area contributed by atoms with Crippen molar-refractivity contribution in [1.82, 2.24) is 21.3 Å². The van der Waals surface area contributed by atoms with Crippen LogP contribution in [0.1, 0.15) is 32.1 Å². The highest BCUT2D eigenvalue weighted by Crippen LogP contribution is 2.33. The van der Waals surface area contributed by atoms with Crippen LogP contribution in [0.15, 0.2) is 0 Å². The predicted octanol–water partition coefficient (Wildman–Crippen LogP) is 0.731. The first kappa shape index (κ1) is 26.1. The molecule has 2 fully saturated rings. The van der Waals surface area contributed by atoms with Crippen molar-refractivity contribution in [3.05, 3.63) is 0 Å². The fraction of sp³-hybridized carbons (Fsp3) is 0.850. The summed E-state index contributed by atoms with van der Waals surface area (Å²) >= 11 is 3.55. The SMILES string of the molecule is CSCCC(=O)NCCOCCOCCNC(=O)CCCCC1SCC2NC(=O)NC21. The van der Waals surface area contributed by atoms with Gasteiger partial charge in [-0.25, -0.2) is 4.79 Å².